The molecule has 2 aromatic rings. The van der Waals surface area contributed by atoms with Crippen molar-refractivity contribution in [1.82, 2.24) is 25.8 Å². The summed E-state index contributed by atoms with van der Waals surface area (Å²) in [7, 11) is 0. The second-order valence-electron chi connectivity index (χ2n) is 4.91. The third-order valence-corrected chi connectivity index (χ3v) is 3.21. The van der Waals surface area contributed by atoms with Gasteiger partial charge in [0.05, 0.1) is 17.9 Å². The van der Waals surface area contributed by atoms with Gasteiger partial charge in [-0.15, -0.1) is 0 Å². The number of carbonyl (C=O) groups excluding carboxylic acids is 1. The van der Waals surface area contributed by atoms with Crippen molar-refractivity contribution in [3.8, 4) is 11.3 Å². The lowest BCUT2D eigenvalue weighted by atomic mass is 10.1. The molecule has 0 spiro atoms. The molecule has 3 N–H and O–H groups in total. The molecule has 0 radical (unpaired) electrons. The minimum absolute atomic E-state index is 0.0169. The van der Waals surface area contributed by atoms with E-state index in [1.54, 1.807) is 18.6 Å². The van der Waals surface area contributed by atoms with Gasteiger partial charge in [-0.25, -0.2) is 0 Å². The molecule has 0 saturated carbocycles. The summed E-state index contributed by atoms with van der Waals surface area (Å²) in [6.45, 7) is 5.16. The topological polar surface area (TPSA) is 82.7 Å². The number of H-pyrrole nitrogens is 1. The molecule has 6 nitrogen and oxygen atoms in total. The van der Waals surface area contributed by atoms with Crippen LogP contribution in [0, 0.1) is 0 Å². The van der Waals surface area contributed by atoms with Gasteiger partial charge in [0.15, 0.2) is 0 Å². The van der Waals surface area contributed by atoms with E-state index in [0.29, 0.717) is 13.1 Å². The van der Waals surface area contributed by atoms with E-state index in [2.05, 4.69) is 25.8 Å². The average molecular weight is 287 g/mol. The van der Waals surface area contributed by atoms with Gasteiger partial charge in [-0.2, -0.15) is 5.10 Å². The first-order valence-corrected chi connectivity index (χ1v) is 7.16. The number of carbonyl (C=O) groups is 1. The third kappa shape index (κ3) is 4.13. The van der Waals surface area contributed by atoms with E-state index in [-0.39, 0.29) is 11.9 Å². The minimum atomic E-state index is -0.242. The summed E-state index contributed by atoms with van der Waals surface area (Å²) in [5.74, 6) is 0.0169. The van der Waals surface area contributed by atoms with E-state index in [9.17, 15) is 4.79 Å². The van der Waals surface area contributed by atoms with Crippen LogP contribution in [0.15, 0.2) is 30.7 Å². The number of pyridine rings is 1. The van der Waals surface area contributed by atoms with Crippen LogP contribution < -0.4 is 10.6 Å². The minimum Gasteiger partial charge on any atom is -0.355 e. The number of nitrogens with one attached hydrogen (secondary N) is 3. The smallest absolute Gasteiger partial charge is 0.236 e. The Kier molecular flexibility index (Phi) is 5.45. The molecule has 1 amide bonds. The lowest BCUT2D eigenvalue weighted by Crippen LogP contribution is -2.42. The van der Waals surface area contributed by atoms with Gasteiger partial charge in [-0.05, 0) is 25.5 Å². The summed E-state index contributed by atoms with van der Waals surface area (Å²) in [6, 6.07) is 3.61. The largest absolute Gasteiger partial charge is 0.355 e. The number of aromatic amines is 1. The fourth-order valence-electron chi connectivity index (χ4n) is 1.96. The van der Waals surface area contributed by atoms with Crippen molar-refractivity contribution in [2.45, 2.75) is 32.9 Å². The molecule has 6 heteroatoms. The molecule has 0 aromatic carbocycles. The summed E-state index contributed by atoms with van der Waals surface area (Å²) in [5.41, 5.74) is 2.92. The number of rotatable bonds is 7. The van der Waals surface area contributed by atoms with E-state index in [1.165, 1.54) is 0 Å². The number of hydrogen-bond acceptors (Lipinski definition) is 4. The molecular formula is C15H21N5O. The Labute approximate surface area is 124 Å². The van der Waals surface area contributed by atoms with Crippen LogP contribution in [0.4, 0.5) is 0 Å². The summed E-state index contributed by atoms with van der Waals surface area (Å²) in [5, 5.41) is 13.1. The maximum atomic E-state index is 11.8. The van der Waals surface area contributed by atoms with Crippen LogP contribution in [0.3, 0.4) is 0 Å². The Morgan fingerprint density at radius 2 is 2.29 bits per heavy atom. The zero-order valence-corrected chi connectivity index (χ0v) is 12.4. The maximum absolute atomic E-state index is 11.8. The summed E-state index contributed by atoms with van der Waals surface area (Å²) in [6.07, 6.45) is 6.23. The second kappa shape index (κ2) is 7.54. The molecule has 2 aromatic heterocycles. The average Bonchev–Trinajstić information content (AvgIpc) is 2.99. The molecule has 1 atom stereocenters. The maximum Gasteiger partial charge on any atom is 0.236 e. The van der Waals surface area contributed by atoms with Gasteiger partial charge in [-0.1, -0.05) is 6.92 Å². The standard InChI is InChI=1S/C15H21N5O/c1-3-6-17-15(21)11(2)18-9-13-10-19-20-14(13)12-5-4-7-16-8-12/h4-5,7-8,10-11,18H,3,6,9H2,1-2H3,(H,17,21)(H,19,20). The summed E-state index contributed by atoms with van der Waals surface area (Å²) < 4.78 is 0. The molecule has 0 aliphatic rings. The van der Waals surface area contributed by atoms with Crippen molar-refractivity contribution in [1.29, 1.82) is 0 Å². The zero-order valence-electron chi connectivity index (χ0n) is 12.4. The summed E-state index contributed by atoms with van der Waals surface area (Å²) >= 11 is 0. The molecule has 21 heavy (non-hydrogen) atoms. The van der Waals surface area contributed by atoms with Crippen LogP contribution in [-0.4, -0.2) is 33.7 Å². The van der Waals surface area contributed by atoms with Crippen molar-refractivity contribution in [2.24, 2.45) is 0 Å². The van der Waals surface area contributed by atoms with Crippen LogP contribution in [-0.2, 0) is 11.3 Å². The van der Waals surface area contributed by atoms with Gasteiger partial charge in [-0.3, -0.25) is 14.9 Å². The predicted octanol–water partition coefficient (Wildman–Crippen LogP) is 1.48. The van der Waals surface area contributed by atoms with E-state index >= 15 is 0 Å². The normalized spacial score (nSPS) is 12.1. The molecule has 2 heterocycles. The molecular weight excluding hydrogens is 266 g/mol. The van der Waals surface area contributed by atoms with Crippen molar-refractivity contribution in [3.05, 3.63) is 36.3 Å². The SMILES string of the molecule is CCCNC(=O)C(C)NCc1cn[nH]c1-c1cccnc1. The van der Waals surface area contributed by atoms with Gasteiger partial charge in [0.1, 0.15) is 0 Å². The van der Waals surface area contributed by atoms with Crippen molar-refractivity contribution < 1.29 is 4.79 Å². The van der Waals surface area contributed by atoms with Crippen molar-refractivity contribution in [2.75, 3.05) is 6.54 Å². The lowest BCUT2D eigenvalue weighted by molar-refractivity contribution is -0.122. The first-order valence-electron chi connectivity index (χ1n) is 7.16. The highest BCUT2D eigenvalue weighted by atomic mass is 16.2. The van der Waals surface area contributed by atoms with Crippen LogP contribution in [0.5, 0.6) is 0 Å². The van der Waals surface area contributed by atoms with E-state index in [0.717, 1.165) is 23.2 Å². The van der Waals surface area contributed by atoms with E-state index < -0.39 is 0 Å². The molecule has 112 valence electrons. The molecule has 0 aliphatic heterocycles. The molecule has 0 aliphatic carbocycles. The Morgan fingerprint density at radius 3 is 3.00 bits per heavy atom. The first-order chi connectivity index (χ1) is 10.2. The summed E-state index contributed by atoms with van der Waals surface area (Å²) in [4.78, 5) is 15.9. The second-order valence-corrected chi connectivity index (χ2v) is 4.91. The molecule has 0 fully saturated rings. The van der Waals surface area contributed by atoms with Crippen molar-refractivity contribution in [3.63, 3.8) is 0 Å². The fourth-order valence-corrected chi connectivity index (χ4v) is 1.96. The third-order valence-electron chi connectivity index (χ3n) is 3.21. The van der Waals surface area contributed by atoms with Gasteiger partial charge < -0.3 is 10.6 Å². The number of nitrogens with zero attached hydrogens (tertiary/aromatic N) is 2. The number of amides is 1. The molecule has 1 unspecified atom stereocenters. The van der Waals surface area contributed by atoms with Crippen LogP contribution >= 0.6 is 0 Å². The first kappa shape index (κ1) is 15.2. The van der Waals surface area contributed by atoms with Crippen LogP contribution in [0.2, 0.25) is 0 Å². The Morgan fingerprint density at radius 1 is 1.43 bits per heavy atom. The van der Waals surface area contributed by atoms with Crippen LogP contribution in [0.1, 0.15) is 25.8 Å². The van der Waals surface area contributed by atoms with Crippen molar-refractivity contribution >= 4 is 5.91 Å². The molecule has 2 rings (SSSR count). The highest BCUT2D eigenvalue weighted by Crippen LogP contribution is 2.19. The van der Waals surface area contributed by atoms with Gasteiger partial charge in [0.2, 0.25) is 5.91 Å². The van der Waals surface area contributed by atoms with Gasteiger partial charge >= 0.3 is 0 Å². The predicted molar refractivity (Wildman–Crippen MR) is 81.4 cm³/mol. The lowest BCUT2D eigenvalue weighted by Gasteiger charge is -2.13. The highest BCUT2D eigenvalue weighted by Gasteiger charge is 2.13. The van der Waals surface area contributed by atoms with Gasteiger partial charge in [0.25, 0.3) is 0 Å². The zero-order chi connectivity index (χ0) is 15.1. The molecule has 0 bridgehead atoms. The van der Waals surface area contributed by atoms with Crippen LogP contribution in [0.25, 0.3) is 11.3 Å². The Bertz CT molecular complexity index is 566. The fraction of sp³-hybridized carbons (Fsp3) is 0.400. The highest BCUT2D eigenvalue weighted by molar-refractivity contribution is 5.81. The number of aromatic nitrogens is 3. The Balaban J connectivity index is 1.96. The van der Waals surface area contributed by atoms with E-state index in [1.807, 2.05) is 26.0 Å². The van der Waals surface area contributed by atoms with Gasteiger partial charge in [0, 0.05) is 36.6 Å². The Hall–Kier alpha value is -2.21. The quantitative estimate of drug-likeness (QED) is 0.720. The van der Waals surface area contributed by atoms with E-state index in [4.69, 9.17) is 0 Å². The molecule has 0 saturated heterocycles. The number of hydrogen-bond donors (Lipinski definition) is 3. The monoisotopic (exact) mass is 287 g/mol.